The maximum Gasteiger partial charge on any atom is 0.219 e. The molecule has 1 heterocycles. The highest BCUT2D eigenvalue weighted by molar-refractivity contribution is 5.73. The van der Waals surface area contributed by atoms with Gasteiger partial charge < -0.3 is 9.80 Å². The average Bonchev–Trinajstić information content (AvgIpc) is 2.26. The van der Waals surface area contributed by atoms with Gasteiger partial charge in [0.1, 0.15) is 0 Å². The van der Waals surface area contributed by atoms with E-state index in [1.165, 1.54) is 13.0 Å². The van der Waals surface area contributed by atoms with Crippen LogP contribution in [0.2, 0.25) is 0 Å². The fraction of sp³-hybridized carbons (Fsp3) is 0.923. The van der Waals surface area contributed by atoms with E-state index in [2.05, 4.69) is 18.7 Å². The van der Waals surface area contributed by atoms with Crippen LogP contribution in [0.25, 0.3) is 0 Å². The number of hydrogen-bond donors (Lipinski definition) is 0. The lowest BCUT2D eigenvalue weighted by Crippen LogP contribution is -2.45. The fourth-order valence-electron chi connectivity index (χ4n) is 2.23. The van der Waals surface area contributed by atoms with E-state index in [0.717, 1.165) is 31.8 Å². The Labute approximate surface area is 99.8 Å². The van der Waals surface area contributed by atoms with Crippen LogP contribution in [0.1, 0.15) is 40.0 Å². The van der Waals surface area contributed by atoms with E-state index in [-0.39, 0.29) is 5.91 Å². The molecule has 0 aromatic carbocycles. The van der Waals surface area contributed by atoms with E-state index in [4.69, 9.17) is 0 Å². The van der Waals surface area contributed by atoms with Crippen molar-refractivity contribution < 1.29 is 4.79 Å². The first-order valence-electron chi connectivity index (χ1n) is 6.46. The van der Waals surface area contributed by atoms with Crippen molar-refractivity contribution in [1.29, 1.82) is 0 Å². The highest BCUT2D eigenvalue weighted by Gasteiger charge is 2.23. The van der Waals surface area contributed by atoms with Gasteiger partial charge in [-0.3, -0.25) is 4.79 Å². The second-order valence-corrected chi connectivity index (χ2v) is 5.39. The zero-order chi connectivity index (χ0) is 12.1. The second-order valence-electron chi connectivity index (χ2n) is 5.39. The van der Waals surface area contributed by atoms with Crippen molar-refractivity contribution in [2.75, 3.05) is 26.7 Å². The molecule has 0 atom stereocenters. The molecule has 1 aliphatic rings. The van der Waals surface area contributed by atoms with Crippen molar-refractivity contribution in [3.8, 4) is 0 Å². The normalized spacial score (nSPS) is 19.1. The van der Waals surface area contributed by atoms with Crippen LogP contribution in [0, 0.1) is 5.92 Å². The summed E-state index contributed by atoms with van der Waals surface area (Å²) < 4.78 is 0. The highest BCUT2D eigenvalue weighted by atomic mass is 16.2. The van der Waals surface area contributed by atoms with Gasteiger partial charge in [-0.15, -0.1) is 0 Å². The summed E-state index contributed by atoms with van der Waals surface area (Å²) in [5.74, 6) is 0.984. The summed E-state index contributed by atoms with van der Waals surface area (Å²) >= 11 is 0. The molecular weight excluding hydrogens is 200 g/mol. The van der Waals surface area contributed by atoms with Crippen molar-refractivity contribution in [3.05, 3.63) is 0 Å². The number of rotatable bonds is 4. The number of hydrogen-bond acceptors (Lipinski definition) is 2. The third-order valence-corrected chi connectivity index (χ3v) is 3.62. The Morgan fingerprint density at radius 2 is 1.94 bits per heavy atom. The van der Waals surface area contributed by atoms with Gasteiger partial charge in [-0.25, -0.2) is 0 Å². The summed E-state index contributed by atoms with van der Waals surface area (Å²) in [6, 6.07) is 0.466. The summed E-state index contributed by atoms with van der Waals surface area (Å²) in [4.78, 5) is 15.7. The number of carbonyl (C=O) groups excluding carboxylic acids is 1. The molecule has 3 heteroatoms. The topological polar surface area (TPSA) is 23.6 Å². The van der Waals surface area contributed by atoms with Gasteiger partial charge in [-0.1, -0.05) is 13.8 Å². The van der Waals surface area contributed by atoms with Crippen LogP contribution in [-0.2, 0) is 4.79 Å². The monoisotopic (exact) mass is 226 g/mol. The van der Waals surface area contributed by atoms with Crippen LogP contribution >= 0.6 is 0 Å². The molecule has 1 fully saturated rings. The smallest absolute Gasteiger partial charge is 0.219 e. The SMILES string of the molecule is CC(=O)N(C)C1CCN(CCC(C)C)CC1. The van der Waals surface area contributed by atoms with Gasteiger partial charge in [0.15, 0.2) is 0 Å². The Kier molecular flexibility index (Phi) is 5.26. The van der Waals surface area contributed by atoms with Crippen LogP contribution < -0.4 is 0 Å². The quantitative estimate of drug-likeness (QED) is 0.732. The van der Waals surface area contributed by atoms with Crippen LogP contribution in [0.3, 0.4) is 0 Å². The first kappa shape index (κ1) is 13.5. The van der Waals surface area contributed by atoms with E-state index >= 15 is 0 Å². The molecule has 94 valence electrons. The number of piperidine rings is 1. The van der Waals surface area contributed by atoms with Gasteiger partial charge in [-0.05, 0) is 31.7 Å². The maximum atomic E-state index is 11.3. The molecule has 1 aliphatic heterocycles. The molecule has 0 bridgehead atoms. The molecule has 3 nitrogen and oxygen atoms in total. The Balaban J connectivity index is 2.25. The highest BCUT2D eigenvalue weighted by Crippen LogP contribution is 2.16. The lowest BCUT2D eigenvalue weighted by molar-refractivity contribution is -0.130. The summed E-state index contributed by atoms with van der Waals surface area (Å²) in [6.07, 6.45) is 3.55. The van der Waals surface area contributed by atoms with E-state index in [1.807, 2.05) is 11.9 Å². The summed E-state index contributed by atoms with van der Waals surface area (Å²) in [5.41, 5.74) is 0. The van der Waals surface area contributed by atoms with Gasteiger partial charge in [0.25, 0.3) is 0 Å². The minimum atomic E-state index is 0.195. The standard InChI is InChI=1S/C13H26N2O/c1-11(2)5-8-15-9-6-13(7-10-15)14(4)12(3)16/h11,13H,5-10H2,1-4H3. The average molecular weight is 226 g/mol. The third-order valence-electron chi connectivity index (χ3n) is 3.62. The number of nitrogens with zero attached hydrogens (tertiary/aromatic N) is 2. The predicted molar refractivity (Wildman–Crippen MR) is 67.4 cm³/mol. The number of carbonyl (C=O) groups is 1. The summed E-state index contributed by atoms with van der Waals surface area (Å²) in [7, 11) is 1.93. The molecular formula is C13H26N2O. The van der Waals surface area contributed by atoms with Gasteiger partial charge in [0.2, 0.25) is 5.91 Å². The lowest BCUT2D eigenvalue weighted by atomic mass is 10.0. The van der Waals surface area contributed by atoms with Gasteiger partial charge in [0, 0.05) is 33.1 Å². The molecule has 0 radical (unpaired) electrons. The predicted octanol–water partition coefficient (Wildman–Crippen LogP) is 1.98. The van der Waals surface area contributed by atoms with E-state index in [0.29, 0.717) is 6.04 Å². The second kappa shape index (κ2) is 6.24. The van der Waals surface area contributed by atoms with Crippen molar-refractivity contribution in [2.24, 2.45) is 5.92 Å². The van der Waals surface area contributed by atoms with Crippen LogP contribution in [0.4, 0.5) is 0 Å². The maximum absolute atomic E-state index is 11.3. The molecule has 0 unspecified atom stereocenters. The van der Waals surface area contributed by atoms with Gasteiger partial charge in [-0.2, -0.15) is 0 Å². The van der Waals surface area contributed by atoms with E-state index < -0.39 is 0 Å². The minimum absolute atomic E-state index is 0.195. The Bertz CT molecular complexity index is 220. The molecule has 0 aromatic heterocycles. The molecule has 0 aromatic rings. The Hall–Kier alpha value is -0.570. The van der Waals surface area contributed by atoms with Gasteiger partial charge >= 0.3 is 0 Å². The molecule has 0 N–H and O–H groups in total. The van der Waals surface area contributed by atoms with Crippen molar-refractivity contribution in [2.45, 2.75) is 46.1 Å². The first-order chi connectivity index (χ1) is 7.50. The molecule has 0 saturated carbocycles. The lowest BCUT2D eigenvalue weighted by Gasteiger charge is -2.36. The van der Waals surface area contributed by atoms with Crippen LogP contribution in [0.5, 0.6) is 0 Å². The van der Waals surface area contributed by atoms with Gasteiger partial charge in [0.05, 0.1) is 0 Å². The minimum Gasteiger partial charge on any atom is -0.343 e. The van der Waals surface area contributed by atoms with Crippen LogP contribution in [0.15, 0.2) is 0 Å². The number of likely N-dealkylation sites (tertiary alicyclic amines) is 1. The fourth-order valence-corrected chi connectivity index (χ4v) is 2.23. The molecule has 0 spiro atoms. The Morgan fingerprint density at radius 1 is 1.38 bits per heavy atom. The molecule has 16 heavy (non-hydrogen) atoms. The Morgan fingerprint density at radius 3 is 2.38 bits per heavy atom. The van der Waals surface area contributed by atoms with E-state index in [9.17, 15) is 4.79 Å². The van der Waals surface area contributed by atoms with E-state index in [1.54, 1.807) is 6.92 Å². The summed E-state index contributed by atoms with van der Waals surface area (Å²) in [6.45, 7) is 9.72. The largest absolute Gasteiger partial charge is 0.343 e. The summed E-state index contributed by atoms with van der Waals surface area (Å²) in [5, 5.41) is 0. The molecule has 1 rings (SSSR count). The zero-order valence-electron chi connectivity index (χ0n) is 11.2. The zero-order valence-corrected chi connectivity index (χ0v) is 11.2. The molecule has 1 amide bonds. The third kappa shape index (κ3) is 4.12. The van der Waals surface area contributed by atoms with Crippen molar-refractivity contribution >= 4 is 5.91 Å². The van der Waals surface area contributed by atoms with Crippen LogP contribution in [-0.4, -0.2) is 48.4 Å². The molecule has 0 aliphatic carbocycles. The molecule has 1 saturated heterocycles. The van der Waals surface area contributed by atoms with Crippen molar-refractivity contribution in [1.82, 2.24) is 9.80 Å². The first-order valence-corrected chi connectivity index (χ1v) is 6.46. The van der Waals surface area contributed by atoms with Crippen molar-refractivity contribution in [3.63, 3.8) is 0 Å². The number of amides is 1.